The van der Waals surface area contributed by atoms with E-state index in [9.17, 15) is 4.79 Å². The van der Waals surface area contributed by atoms with Crippen LogP contribution < -0.4 is 5.73 Å². The van der Waals surface area contributed by atoms with Crippen LogP contribution in [0.3, 0.4) is 0 Å². The van der Waals surface area contributed by atoms with E-state index in [1.807, 2.05) is 24.3 Å². The van der Waals surface area contributed by atoms with Crippen LogP contribution in [0.5, 0.6) is 0 Å². The number of pyridine rings is 1. The van der Waals surface area contributed by atoms with E-state index >= 15 is 0 Å². The zero-order valence-corrected chi connectivity index (χ0v) is 10.4. The minimum Gasteiger partial charge on any atom is -0.481 e. The molecule has 1 aromatic carbocycles. The summed E-state index contributed by atoms with van der Waals surface area (Å²) < 4.78 is 0. The number of fused-ring (bicyclic) bond motifs is 1. The van der Waals surface area contributed by atoms with Gasteiger partial charge in [0.25, 0.3) is 0 Å². The van der Waals surface area contributed by atoms with Crippen molar-refractivity contribution >= 4 is 28.5 Å². The maximum absolute atomic E-state index is 10.5. The predicted molar refractivity (Wildman–Crippen MR) is 70.6 cm³/mol. The average molecular weight is 265 g/mol. The largest absolute Gasteiger partial charge is 0.481 e. The van der Waals surface area contributed by atoms with Gasteiger partial charge >= 0.3 is 5.97 Å². The number of aromatic nitrogens is 1. The van der Waals surface area contributed by atoms with Crippen LogP contribution in [0.4, 0.5) is 0 Å². The van der Waals surface area contributed by atoms with E-state index in [-0.39, 0.29) is 12.5 Å². The Bertz CT molecular complexity index is 586. The van der Waals surface area contributed by atoms with Gasteiger partial charge in [-0.25, -0.2) is 0 Å². The summed E-state index contributed by atoms with van der Waals surface area (Å²) in [7, 11) is 0. The minimum absolute atomic E-state index is 0.0432. The lowest BCUT2D eigenvalue weighted by molar-refractivity contribution is -0.137. The third kappa shape index (κ3) is 2.97. The van der Waals surface area contributed by atoms with Gasteiger partial charge in [-0.1, -0.05) is 17.7 Å². The second-order valence-corrected chi connectivity index (χ2v) is 4.55. The van der Waals surface area contributed by atoms with Crippen LogP contribution >= 0.6 is 11.6 Å². The molecule has 3 N–H and O–H groups in total. The Kier molecular flexibility index (Phi) is 3.79. The molecule has 0 aliphatic carbocycles. The van der Waals surface area contributed by atoms with Crippen molar-refractivity contribution in [2.24, 2.45) is 5.73 Å². The fraction of sp³-hybridized carbons (Fsp3) is 0.231. The Labute approximate surface area is 109 Å². The number of halogens is 1. The summed E-state index contributed by atoms with van der Waals surface area (Å²) in [5.41, 5.74) is 7.42. The predicted octanol–water partition coefficient (Wildman–Crippen LogP) is 2.75. The molecule has 0 saturated carbocycles. The summed E-state index contributed by atoms with van der Waals surface area (Å²) in [6.45, 7) is 0. The summed E-state index contributed by atoms with van der Waals surface area (Å²) in [6, 6.07) is 8.77. The van der Waals surface area contributed by atoms with Gasteiger partial charge in [-0.3, -0.25) is 9.78 Å². The van der Waals surface area contributed by atoms with Crippen molar-refractivity contribution in [2.75, 3.05) is 0 Å². The van der Waals surface area contributed by atoms with E-state index in [1.54, 1.807) is 6.07 Å². The maximum Gasteiger partial charge on any atom is 0.303 e. The molecule has 0 aliphatic rings. The molecule has 2 aromatic rings. The zero-order valence-electron chi connectivity index (χ0n) is 9.64. The molecule has 0 bridgehead atoms. The number of nitrogens with zero attached hydrogens (tertiary/aromatic N) is 1. The van der Waals surface area contributed by atoms with Gasteiger partial charge in [0.1, 0.15) is 0 Å². The standard InChI is InChI=1S/C13H13ClN2O2/c14-9-2-5-11-8(7-9)1-4-12(16-11)10(15)3-6-13(17)18/h1-2,4-5,7,10H,3,6,15H2,(H,17,18). The highest BCUT2D eigenvalue weighted by molar-refractivity contribution is 6.31. The molecule has 94 valence electrons. The van der Waals surface area contributed by atoms with Crippen molar-refractivity contribution in [1.82, 2.24) is 4.98 Å². The smallest absolute Gasteiger partial charge is 0.303 e. The first-order valence-corrected chi connectivity index (χ1v) is 5.97. The molecule has 5 heteroatoms. The summed E-state index contributed by atoms with van der Waals surface area (Å²) in [5.74, 6) is -0.849. The van der Waals surface area contributed by atoms with Gasteiger partial charge in [0.15, 0.2) is 0 Å². The Morgan fingerprint density at radius 3 is 2.89 bits per heavy atom. The molecule has 0 spiro atoms. The van der Waals surface area contributed by atoms with Gasteiger partial charge in [-0.2, -0.15) is 0 Å². The number of benzene rings is 1. The molecule has 0 fully saturated rings. The quantitative estimate of drug-likeness (QED) is 0.890. The molecule has 2 rings (SSSR count). The molecular formula is C13H13ClN2O2. The molecule has 1 heterocycles. The number of hydrogen-bond donors (Lipinski definition) is 2. The van der Waals surface area contributed by atoms with Crippen molar-refractivity contribution in [2.45, 2.75) is 18.9 Å². The summed E-state index contributed by atoms with van der Waals surface area (Å²) in [4.78, 5) is 14.9. The number of hydrogen-bond acceptors (Lipinski definition) is 3. The van der Waals surface area contributed by atoms with Gasteiger partial charge in [0.2, 0.25) is 0 Å². The lowest BCUT2D eigenvalue weighted by Gasteiger charge is -2.10. The van der Waals surface area contributed by atoms with Crippen molar-refractivity contribution in [3.05, 3.63) is 41.0 Å². The Balaban J connectivity index is 2.24. The zero-order chi connectivity index (χ0) is 13.1. The van der Waals surface area contributed by atoms with Crippen molar-refractivity contribution < 1.29 is 9.90 Å². The normalized spacial score (nSPS) is 12.6. The van der Waals surface area contributed by atoms with Crippen LogP contribution in [0.1, 0.15) is 24.6 Å². The summed E-state index contributed by atoms with van der Waals surface area (Å²) in [6.07, 6.45) is 0.420. The summed E-state index contributed by atoms with van der Waals surface area (Å²) >= 11 is 5.89. The molecule has 4 nitrogen and oxygen atoms in total. The van der Waals surface area contributed by atoms with E-state index in [0.29, 0.717) is 17.1 Å². The third-order valence-electron chi connectivity index (χ3n) is 2.72. The molecule has 0 amide bonds. The fourth-order valence-corrected chi connectivity index (χ4v) is 1.93. The second kappa shape index (κ2) is 5.33. The molecule has 0 radical (unpaired) electrons. The van der Waals surface area contributed by atoms with Gasteiger partial charge in [0.05, 0.1) is 11.2 Å². The van der Waals surface area contributed by atoms with Crippen LogP contribution in [-0.2, 0) is 4.79 Å². The first-order chi connectivity index (χ1) is 8.56. The van der Waals surface area contributed by atoms with Gasteiger partial charge in [-0.05, 0) is 30.7 Å². The van der Waals surface area contributed by atoms with E-state index in [4.69, 9.17) is 22.4 Å². The van der Waals surface area contributed by atoms with Gasteiger partial charge < -0.3 is 10.8 Å². The number of nitrogens with two attached hydrogens (primary N) is 1. The Morgan fingerprint density at radius 2 is 2.17 bits per heavy atom. The Hall–Kier alpha value is -1.65. The van der Waals surface area contributed by atoms with Crippen LogP contribution in [0.2, 0.25) is 5.02 Å². The van der Waals surface area contributed by atoms with Crippen LogP contribution in [0.25, 0.3) is 10.9 Å². The molecule has 1 aromatic heterocycles. The molecule has 0 saturated heterocycles. The van der Waals surface area contributed by atoms with Gasteiger partial charge in [0, 0.05) is 22.9 Å². The second-order valence-electron chi connectivity index (χ2n) is 4.11. The van der Waals surface area contributed by atoms with Crippen LogP contribution in [0, 0.1) is 0 Å². The highest BCUT2D eigenvalue weighted by Crippen LogP contribution is 2.21. The highest BCUT2D eigenvalue weighted by Gasteiger charge is 2.10. The molecule has 18 heavy (non-hydrogen) atoms. The number of aliphatic carboxylic acids is 1. The van der Waals surface area contributed by atoms with Crippen molar-refractivity contribution in [1.29, 1.82) is 0 Å². The summed E-state index contributed by atoms with van der Waals surface area (Å²) in [5, 5.41) is 10.2. The molecule has 1 unspecified atom stereocenters. The first-order valence-electron chi connectivity index (χ1n) is 5.60. The first kappa shape index (κ1) is 12.8. The number of rotatable bonds is 4. The van der Waals surface area contributed by atoms with Crippen LogP contribution in [0.15, 0.2) is 30.3 Å². The third-order valence-corrected chi connectivity index (χ3v) is 2.96. The average Bonchev–Trinajstić information content (AvgIpc) is 2.35. The monoisotopic (exact) mass is 264 g/mol. The van der Waals surface area contributed by atoms with Crippen molar-refractivity contribution in [3.63, 3.8) is 0 Å². The van der Waals surface area contributed by atoms with Gasteiger partial charge in [-0.15, -0.1) is 0 Å². The Morgan fingerprint density at radius 1 is 1.39 bits per heavy atom. The lowest BCUT2D eigenvalue weighted by atomic mass is 10.1. The van der Waals surface area contributed by atoms with E-state index < -0.39 is 5.97 Å². The maximum atomic E-state index is 10.5. The number of carbonyl (C=O) groups is 1. The fourth-order valence-electron chi connectivity index (χ4n) is 1.75. The number of carboxylic acid groups (broad SMARTS) is 1. The number of carboxylic acids is 1. The lowest BCUT2D eigenvalue weighted by Crippen LogP contribution is -2.13. The van der Waals surface area contributed by atoms with E-state index in [1.165, 1.54) is 0 Å². The highest BCUT2D eigenvalue weighted by atomic mass is 35.5. The van der Waals surface area contributed by atoms with E-state index in [0.717, 1.165) is 10.9 Å². The van der Waals surface area contributed by atoms with Crippen molar-refractivity contribution in [3.8, 4) is 0 Å². The SMILES string of the molecule is NC(CCC(=O)O)c1ccc2cc(Cl)ccc2n1. The molecule has 1 atom stereocenters. The minimum atomic E-state index is -0.849. The van der Waals surface area contributed by atoms with Crippen LogP contribution in [-0.4, -0.2) is 16.1 Å². The topological polar surface area (TPSA) is 76.2 Å². The molecular weight excluding hydrogens is 252 g/mol. The molecule has 0 aliphatic heterocycles. The van der Waals surface area contributed by atoms with E-state index in [2.05, 4.69) is 4.98 Å².